The number of allylic oxidation sites excluding steroid dienone is 1. The maximum Gasteiger partial charge on any atom is 0.319 e. The number of amides is 2. The van der Waals surface area contributed by atoms with Gasteiger partial charge in [-0.3, -0.25) is 4.79 Å². The van der Waals surface area contributed by atoms with Gasteiger partial charge in [-0.2, -0.15) is 0 Å². The number of hydrogen-bond donors (Lipinski definition) is 2. The second kappa shape index (κ2) is 4.47. The van der Waals surface area contributed by atoms with Crippen LogP contribution in [0.4, 0.5) is 4.79 Å². The predicted molar refractivity (Wildman–Crippen MR) is 75.9 cm³/mol. The van der Waals surface area contributed by atoms with Crippen molar-refractivity contribution in [3.8, 4) is 0 Å². The molecule has 4 nitrogen and oxygen atoms in total. The molecule has 0 radical (unpaired) electrons. The van der Waals surface area contributed by atoms with E-state index < -0.39 is 0 Å². The van der Waals surface area contributed by atoms with Crippen LogP contribution in [0.2, 0.25) is 0 Å². The second-order valence-corrected chi connectivity index (χ2v) is 6.28. The van der Waals surface area contributed by atoms with Gasteiger partial charge in [0, 0.05) is 17.7 Å². The molecule has 1 aliphatic carbocycles. The first kappa shape index (κ1) is 12.9. The van der Waals surface area contributed by atoms with Crippen LogP contribution in [0, 0.1) is 5.41 Å². The molecule has 0 aromatic heterocycles. The van der Waals surface area contributed by atoms with Crippen LogP contribution in [-0.2, 0) is 4.79 Å². The molecule has 2 aliphatic rings. The normalized spacial score (nSPS) is 24.8. The highest BCUT2D eigenvalue weighted by atomic mass is 16.2. The van der Waals surface area contributed by atoms with Crippen LogP contribution in [0.25, 0.3) is 0 Å². The molecular formula is C16H18N2O2. The summed E-state index contributed by atoms with van der Waals surface area (Å²) in [4.78, 5) is 24.3. The number of carbonyl (C=O) groups is 2. The molecule has 0 fully saturated rings. The molecule has 1 aliphatic heterocycles. The first-order chi connectivity index (χ1) is 9.46. The quantitative estimate of drug-likeness (QED) is 0.824. The number of nitrogens with one attached hydrogen (secondary N) is 2. The molecule has 1 heterocycles. The van der Waals surface area contributed by atoms with Crippen molar-refractivity contribution in [2.24, 2.45) is 5.41 Å². The van der Waals surface area contributed by atoms with E-state index in [0.29, 0.717) is 6.42 Å². The average molecular weight is 270 g/mol. The van der Waals surface area contributed by atoms with Crippen molar-refractivity contribution in [1.29, 1.82) is 0 Å². The summed E-state index contributed by atoms with van der Waals surface area (Å²) in [5.41, 5.74) is 2.35. The number of benzene rings is 1. The summed E-state index contributed by atoms with van der Waals surface area (Å²) < 4.78 is 0. The zero-order valence-corrected chi connectivity index (χ0v) is 11.7. The standard InChI is InChI=1S/C16H18N2O2/c1-16(2)8-11-13(12(19)9-16)14(18-15(20)17-11)10-6-4-3-5-7-10/h3-7,14H,8-9H2,1-2H3,(H2,17,18,20). The molecule has 1 atom stereocenters. The fourth-order valence-electron chi connectivity index (χ4n) is 3.05. The number of hydrogen-bond acceptors (Lipinski definition) is 2. The molecule has 1 aromatic rings. The van der Waals surface area contributed by atoms with E-state index in [1.807, 2.05) is 30.3 Å². The fraction of sp³-hybridized carbons (Fsp3) is 0.375. The first-order valence-corrected chi connectivity index (χ1v) is 6.85. The van der Waals surface area contributed by atoms with E-state index in [4.69, 9.17) is 0 Å². The Morgan fingerprint density at radius 3 is 2.50 bits per heavy atom. The summed E-state index contributed by atoms with van der Waals surface area (Å²) >= 11 is 0. The third-order valence-electron chi connectivity index (χ3n) is 3.88. The average Bonchev–Trinajstić information content (AvgIpc) is 2.36. The molecule has 3 rings (SSSR count). The van der Waals surface area contributed by atoms with Gasteiger partial charge in [0.15, 0.2) is 5.78 Å². The fourth-order valence-corrected chi connectivity index (χ4v) is 3.05. The zero-order valence-electron chi connectivity index (χ0n) is 11.7. The van der Waals surface area contributed by atoms with Crippen LogP contribution < -0.4 is 10.6 Å². The predicted octanol–water partition coefficient (Wildman–Crippen LogP) is 2.68. The lowest BCUT2D eigenvalue weighted by molar-refractivity contribution is -0.118. The summed E-state index contributed by atoms with van der Waals surface area (Å²) in [6.45, 7) is 4.11. The van der Waals surface area contributed by atoms with E-state index in [9.17, 15) is 9.59 Å². The van der Waals surface area contributed by atoms with Gasteiger partial charge >= 0.3 is 6.03 Å². The van der Waals surface area contributed by atoms with Gasteiger partial charge in [0.05, 0.1) is 6.04 Å². The molecule has 0 saturated heterocycles. The van der Waals surface area contributed by atoms with Crippen LogP contribution >= 0.6 is 0 Å². The van der Waals surface area contributed by atoms with Crippen molar-refractivity contribution in [2.75, 3.05) is 0 Å². The summed E-state index contributed by atoms with van der Waals surface area (Å²) in [5, 5.41) is 5.67. The Kier molecular flexibility index (Phi) is 2.89. The summed E-state index contributed by atoms with van der Waals surface area (Å²) in [6, 6.07) is 9.07. The van der Waals surface area contributed by atoms with Crippen molar-refractivity contribution in [3.63, 3.8) is 0 Å². The van der Waals surface area contributed by atoms with Crippen molar-refractivity contribution >= 4 is 11.8 Å². The van der Waals surface area contributed by atoms with Crippen LogP contribution in [0.15, 0.2) is 41.6 Å². The van der Waals surface area contributed by atoms with E-state index in [-0.39, 0.29) is 23.3 Å². The van der Waals surface area contributed by atoms with Gasteiger partial charge in [-0.05, 0) is 17.4 Å². The SMILES string of the molecule is CC1(C)CC(=O)C2=C(C1)NC(=O)NC2c1ccccc1. The van der Waals surface area contributed by atoms with Crippen LogP contribution in [0.1, 0.15) is 38.3 Å². The molecule has 0 spiro atoms. The molecule has 2 N–H and O–H groups in total. The summed E-state index contributed by atoms with van der Waals surface area (Å²) in [5.74, 6) is 0.123. The van der Waals surface area contributed by atoms with Crippen LogP contribution in [-0.4, -0.2) is 11.8 Å². The Morgan fingerprint density at radius 2 is 1.80 bits per heavy atom. The van der Waals surface area contributed by atoms with Gasteiger partial charge in [0.1, 0.15) is 0 Å². The minimum absolute atomic E-state index is 0.0955. The smallest absolute Gasteiger partial charge is 0.319 e. The van der Waals surface area contributed by atoms with Crippen molar-refractivity contribution < 1.29 is 9.59 Å². The number of Topliss-reactive ketones (excluding diaryl/α,β-unsaturated/α-hetero) is 1. The number of urea groups is 1. The van der Waals surface area contributed by atoms with Crippen molar-refractivity contribution in [1.82, 2.24) is 10.6 Å². The molecule has 0 saturated carbocycles. The highest BCUT2D eigenvalue weighted by Gasteiger charge is 2.40. The topological polar surface area (TPSA) is 58.2 Å². The van der Waals surface area contributed by atoms with Gasteiger partial charge < -0.3 is 10.6 Å². The van der Waals surface area contributed by atoms with E-state index in [1.54, 1.807) is 0 Å². The third kappa shape index (κ3) is 2.22. The third-order valence-corrected chi connectivity index (χ3v) is 3.88. The maximum absolute atomic E-state index is 12.5. The van der Waals surface area contributed by atoms with Gasteiger partial charge in [0.25, 0.3) is 0 Å². The maximum atomic E-state index is 12.5. The zero-order chi connectivity index (χ0) is 14.3. The minimum atomic E-state index is -0.330. The van der Waals surface area contributed by atoms with E-state index in [1.165, 1.54) is 0 Å². The molecule has 20 heavy (non-hydrogen) atoms. The van der Waals surface area contributed by atoms with Crippen LogP contribution in [0.3, 0.4) is 0 Å². The molecule has 4 heteroatoms. The van der Waals surface area contributed by atoms with Gasteiger partial charge in [0.2, 0.25) is 0 Å². The Balaban J connectivity index is 2.07. The highest BCUT2D eigenvalue weighted by molar-refractivity contribution is 6.01. The van der Waals surface area contributed by atoms with E-state index in [0.717, 1.165) is 23.3 Å². The van der Waals surface area contributed by atoms with Gasteiger partial charge in [-0.1, -0.05) is 44.2 Å². The lowest BCUT2D eigenvalue weighted by atomic mass is 9.73. The van der Waals surface area contributed by atoms with E-state index >= 15 is 0 Å². The lowest BCUT2D eigenvalue weighted by Crippen LogP contribution is -2.48. The minimum Gasteiger partial charge on any atom is -0.327 e. The van der Waals surface area contributed by atoms with Gasteiger partial charge in [-0.15, -0.1) is 0 Å². The Labute approximate surface area is 118 Å². The van der Waals surface area contributed by atoms with E-state index in [2.05, 4.69) is 24.5 Å². The van der Waals surface area contributed by atoms with Crippen molar-refractivity contribution in [2.45, 2.75) is 32.7 Å². The molecule has 104 valence electrons. The Bertz CT molecular complexity index is 602. The number of ketones is 1. The Hall–Kier alpha value is -2.10. The Morgan fingerprint density at radius 1 is 1.10 bits per heavy atom. The van der Waals surface area contributed by atoms with Crippen molar-refractivity contribution in [3.05, 3.63) is 47.2 Å². The number of carbonyl (C=O) groups excluding carboxylic acids is 2. The molecular weight excluding hydrogens is 252 g/mol. The number of rotatable bonds is 1. The first-order valence-electron chi connectivity index (χ1n) is 6.85. The molecule has 2 amide bonds. The monoisotopic (exact) mass is 270 g/mol. The molecule has 1 aromatic carbocycles. The van der Waals surface area contributed by atoms with Gasteiger partial charge in [-0.25, -0.2) is 4.79 Å². The highest BCUT2D eigenvalue weighted by Crippen LogP contribution is 2.41. The summed E-state index contributed by atoms with van der Waals surface area (Å²) in [6.07, 6.45) is 1.25. The second-order valence-electron chi connectivity index (χ2n) is 6.28. The molecule has 1 unspecified atom stereocenters. The largest absolute Gasteiger partial charge is 0.327 e. The summed E-state index contributed by atoms with van der Waals surface area (Å²) in [7, 11) is 0. The van der Waals surface area contributed by atoms with Crippen LogP contribution in [0.5, 0.6) is 0 Å². The lowest BCUT2D eigenvalue weighted by Gasteiger charge is -2.38. The molecule has 0 bridgehead atoms.